The fraction of sp³-hybridized carbons (Fsp3) is 0.562. The summed E-state index contributed by atoms with van der Waals surface area (Å²) in [7, 11) is 0. The van der Waals surface area contributed by atoms with Gasteiger partial charge in [0.15, 0.2) is 0 Å². The van der Waals surface area contributed by atoms with Crippen LogP contribution in [0.25, 0.3) is 5.70 Å². The Kier molecular flexibility index (Phi) is 5.65. The zero-order valence-corrected chi connectivity index (χ0v) is 13.1. The fourth-order valence-electron chi connectivity index (χ4n) is 2.27. The molecule has 1 aromatic rings. The third-order valence-corrected chi connectivity index (χ3v) is 4.79. The largest absolute Gasteiger partial charge is 0.391 e. The van der Waals surface area contributed by atoms with Crippen LogP contribution in [0, 0.1) is 0 Å². The summed E-state index contributed by atoms with van der Waals surface area (Å²) < 4.78 is 0. The van der Waals surface area contributed by atoms with Gasteiger partial charge < -0.3 is 10.6 Å². The van der Waals surface area contributed by atoms with Crippen LogP contribution >= 0.6 is 11.3 Å². The first-order valence-electron chi connectivity index (χ1n) is 7.46. The van der Waals surface area contributed by atoms with Gasteiger partial charge >= 0.3 is 0 Å². The summed E-state index contributed by atoms with van der Waals surface area (Å²) in [5, 5.41) is 9.83. The Bertz CT molecular complexity index is 448. The van der Waals surface area contributed by atoms with E-state index in [1.54, 1.807) is 17.5 Å². The normalized spacial score (nSPS) is 16.2. The maximum Gasteiger partial charge on any atom is 0.138 e. The van der Waals surface area contributed by atoms with Crippen LogP contribution in [-0.2, 0) is 0 Å². The molecule has 3 nitrogen and oxygen atoms in total. The molecule has 1 unspecified atom stereocenters. The molecule has 0 bridgehead atoms. The number of thiazole rings is 1. The smallest absolute Gasteiger partial charge is 0.138 e. The van der Waals surface area contributed by atoms with Gasteiger partial charge in [0.1, 0.15) is 5.01 Å². The minimum atomic E-state index is 0.503. The molecular formula is C16H25N3S. The molecule has 20 heavy (non-hydrogen) atoms. The molecule has 1 aliphatic carbocycles. The first-order valence-corrected chi connectivity index (χ1v) is 8.34. The molecule has 4 heteroatoms. The van der Waals surface area contributed by atoms with Crippen molar-refractivity contribution >= 4 is 17.0 Å². The second-order valence-corrected chi connectivity index (χ2v) is 6.39. The Morgan fingerprint density at radius 1 is 1.60 bits per heavy atom. The van der Waals surface area contributed by atoms with E-state index in [0.29, 0.717) is 12.0 Å². The summed E-state index contributed by atoms with van der Waals surface area (Å²) >= 11 is 1.70. The van der Waals surface area contributed by atoms with Crippen LogP contribution < -0.4 is 10.6 Å². The number of nitrogens with one attached hydrogen (secondary N) is 2. The molecule has 1 aliphatic rings. The minimum Gasteiger partial charge on any atom is -0.391 e. The Hall–Kier alpha value is -1.29. The van der Waals surface area contributed by atoms with Crippen molar-refractivity contribution < 1.29 is 0 Å². The molecule has 1 fully saturated rings. The zero-order valence-electron chi connectivity index (χ0n) is 12.3. The van der Waals surface area contributed by atoms with Crippen LogP contribution in [0.5, 0.6) is 0 Å². The number of rotatable bonds is 9. The summed E-state index contributed by atoms with van der Waals surface area (Å²) in [5.74, 6) is 0.503. The third kappa shape index (κ3) is 4.10. The van der Waals surface area contributed by atoms with E-state index in [9.17, 15) is 0 Å². The van der Waals surface area contributed by atoms with Crippen molar-refractivity contribution in [3.63, 3.8) is 0 Å². The number of nitrogens with zero attached hydrogens (tertiary/aromatic N) is 1. The first-order chi connectivity index (χ1) is 9.70. The number of hydrogen-bond acceptors (Lipinski definition) is 4. The molecule has 0 aromatic carbocycles. The van der Waals surface area contributed by atoms with E-state index in [1.165, 1.54) is 25.0 Å². The van der Waals surface area contributed by atoms with E-state index in [2.05, 4.69) is 36.1 Å². The quantitative estimate of drug-likeness (QED) is 0.678. The summed E-state index contributed by atoms with van der Waals surface area (Å²) in [6, 6.07) is 0.622. The minimum absolute atomic E-state index is 0.503. The van der Waals surface area contributed by atoms with Crippen molar-refractivity contribution in [2.75, 3.05) is 6.54 Å². The van der Waals surface area contributed by atoms with Crippen LogP contribution in [0.1, 0.15) is 55.6 Å². The summed E-state index contributed by atoms with van der Waals surface area (Å²) in [6.45, 7) is 11.0. The molecule has 0 amide bonds. The van der Waals surface area contributed by atoms with Crippen molar-refractivity contribution in [3.05, 3.63) is 35.4 Å². The molecule has 1 saturated carbocycles. The Morgan fingerprint density at radius 3 is 3.05 bits per heavy atom. The molecule has 1 atom stereocenters. The molecule has 1 heterocycles. The Labute approximate surface area is 126 Å². The summed E-state index contributed by atoms with van der Waals surface area (Å²) in [5.41, 5.74) is 2.19. The van der Waals surface area contributed by atoms with Crippen molar-refractivity contribution in [1.29, 1.82) is 0 Å². The summed E-state index contributed by atoms with van der Waals surface area (Å²) in [4.78, 5) is 4.74. The topological polar surface area (TPSA) is 37.0 Å². The molecule has 2 N–H and O–H groups in total. The second kappa shape index (κ2) is 7.48. The molecule has 110 valence electrons. The van der Waals surface area contributed by atoms with Gasteiger partial charge in [-0.3, -0.25) is 0 Å². The van der Waals surface area contributed by atoms with Crippen LogP contribution in [0.2, 0.25) is 0 Å². The van der Waals surface area contributed by atoms with Gasteiger partial charge in [0, 0.05) is 18.0 Å². The monoisotopic (exact) mass is 291 g/mol. The SMILES string of the molecule is C=CNCCCC(C)c1csc(C(=C)NC2CCC2)n1. The van der Waals surface area contributed by atoms with Crippen LogP contribution in [0.3, 0.4) is 0 Å². The fourth-order valence-corrected chi connectivity index (χ4v) is 3.15. The highest BCUT2D eigenvalue weighted by Crippen LogP contribution is 2.27. The lowest BCUT2D eigenvalue weighted by atomic mass is 9.93. The highest BCUT2D eigenvalue weighted by Gasteiger charge is 2.19. The van der Waals surface area contributed by atoms with Gasteiger partial charge in [0.25, 0.3) is 0 Å². The predicted octanol–water partition coefficient (Wildman–Crippen LogP) is 3.87. The van der Waals surface area contributed by atoms with E-state index >= 15 is 0 Å². The van der Waals surface area contributed by atoms with Crippen LogP contribution in [0.4, 0.5) is 0 Å². The number of hydrogen-bond donors (Lipinski definition) is 2. The van der Waals surface area contributed by atoms with Gasteiger partial charge in [-0.1, -0.05) is 20.1 Å². The number of aromatic nitrogens is 1. The molecule has 0 aliphatic heterocycles. The van der Waals surface area contributed by atoms with Crippen molar-refractivity contribution in [2.24, 2.45) is 0 Å². The van der Waals surface area contributed by atoms with Crippen LogP contribution in [0.15, 0.2) is 24.7 Å². The van der Waals surface area contributed by atoms with Crippen molar-refractivity contribution in [3.8, 4) is 0 Å². The highest BCUT2D eigenvalue weighted by atomic mass is 32.1. The molecule has 2 rings (SSSR count). The van der Waals surface area contributed by atoms with Gasteiger partial charge in [-0.15, -0.1) is 11.3 Å². The van der Waals surface area contributed by atoms with Gasteiger partial charge in [-0.25, -0.2) is 4.98 Å². The standard InChI is InChI=1S/C16H25N3S/c1-4-17-10-6-7-12(2)15-11-20-16(19-15)13(3)18-14-8-5-9-14/h4,11-12,14,17-18H,1,3,5-10H2,2H3. The van der Waals surface area contributed by atoms with E-state index in [0.717, 1.165) is 30.1 Å². The van der Waals surface area contributed by atoms with Gasteiger partial charge in [-0.2, -0.15) is 0 Å². The lowest BCUT2D eigenvalue weighted by molar-refractivity contribution is 0.378. The van der Waals surface area contributed by atoms with E-state index < -0.39 is 0 Å². The zero-order chi connectivity index (χ0) is 14.4. The maximum atomic E-state index is 4.74. The lowest BCUT2D eigenvalue weighted by Crippen LogP contribution is -2.33. The van der Waals surface area contributed by atoms with Crippen LogP contribution in [-0.4, -0.2) is 17.6 Å². The average molecular weight is 291 g/mol. The lowest BCUT2D eigenvalue weighted by Gasteiger charge is -2.27. The van der Waals surface area contributed by atoms with E-state index in [-0.39, 0.29) is 0 Å². The molecular weight excluding hydrogens is 266 g/mol. The molecule has 1 aromatic heterocycles. The molecule has 0 spiro atoms. The maximum absolute atomic E-state index is 4.74. The van der Waals surface area contributed by atoms with Gasteiger partial charge in [0.2, 0.25) is 0 Å². The van der Waals surface area contributed by atoms with Gasteiger partial charge in [0.05, 0.1) is 11.4 Å². The third-order valence-electron chi connectivity index (χ3n) is 3.87. The Morgan fingerprint density at radius 2 is 2.40 bits per heavy atom. The summed E-state index contributed by atoms with van der Waals surface area (Å²) in [6.07, 6.45) is 7.91. The first kappa shape index (κ1) is 15.1. The average Bonchev–Trinajstić information content (AvgIpc) is 2.88. The van der Waals surface area contributed by atoms with Gasteiger partial charge in [-0.05, 0) is 44.2 Å². The Balaban J connectivity index is 1.80. The predicted molar refractivity (Wildman–Crippen MR) is 87.8 cm³/mol. The molecule has 0 saturated heterocycles. The van der Waals surface area contributed by atoms with Crippen molar-refractivity contribution in [1.82, 2.24) is 15.6 Å². The van der Waals surface area contributed by atoms with Crippen molar-refractivity contribution in [2.45, 2.75) is 51.0 Å². The highest BCUT2D eigenvalue weighted by molar-refractivity contribution is 7.10. The van der Waals surface area contributed by atoms with E-state index in [4.69, 9.17) is 4.98 Å². The molecule has 0 radical (unpaired) electrons. The van der Waals surface area contributed by atoms with E-state index in [1.807, 2.05) is 0 Å². The second-order valence-electron chi connectivity index (χ2n) is 5.53.